The Morgan fingerprint density at radius 3 is 1.60 bits per heavy atom. The van der Waals surface area contributed by atoms with Gasteiger partial charge in [-0.3, -0.25) is 0 Å². The zero-order chi connectivity index (χ0) is 41.7. The number of hydrogen-bond donors (Lipinski definition) is 0. The van der Waals surface area contributed by atoms with E-state index >= 15 is 0 Å². The highest BCUT2D eigenvalue weighted by Gasteiger charge is 2.46. The van der Waals surface area contributed by atoms with E-state index in [9.17, 15) is 0 Å². The summed E-state index contributed by atoms with van der Waals surface area (Å²) in [5.74, 6) is 0. The fraction of sp³-hybridized carbons (Fsp3) is 0.0164. The molecule has 10 aromatic carbocycles. The third-order valence-electron chi connectivity index (χ3n) is 13.0. The molecule has 296 valence electrons. The van der Waals surface area contributed by atoms with E-state index < -0.39 is 5.41 Å². The Bertz CT molecular complexity index is 3440. The zero-order valence-corrected chi connectivity index (χ0v) is 34.6. The van der Waals surface area contributed by atoms with Gasteiger partial charge < -0.3 is 9.47 Å². The largest absolute Gasteiger partial charge is 0.310 e. The van der Waals surface area contributed by atoms with Crippen LogP contribution < -0.4 is 4.90 Å². The maximum atomic E-state index is 2.47. The number of fused-ring (bicyclic) bond motifs is 6. The summed E-state index contributed by atoms with van der Waals surface area (Å²) >= 11 is 0. The standard InChI is InChI=1S/C61H42N2/c1-5-19-43(20-6-1)45-23-17-27-48(39-45)61(47-25-9-3-10-26-47)57-33-15-13-31-53(57)54-37-35-51(41-58(54)61)62(49-28-11-4-12-29-49)52-36-38-56-55-32-14-16-34-59(55)63(60(56)42-52)50-30-18-24-46(40-50)44-21-7-2-8-22-44/h1-42H. The summed E-state index contributed by atoms with van der Waals surface area (Å²) in [7, 11) is 0. The summed E-state index contributed by atoms with van der Waals surface area (Å²) < 4.78 is 2.43. The Hall–Kier alpha value is -8.20. The van der Waals surface area contributed by atoms with Crippen LogP contribution in [0, 0.1) is 0 Å². The van der Waals surface area contributed by atoms with Crippen LogP contribution in [0.4, 0.5) is 17.1 Å². The van der Waals surface area contributed by atoms with E-state index in [4.69, 9.17) is 0 Å². The number of hydrogen-bond acceptors (Lipinski definition) is 1. The zero-order valence-electron chi connectivity index (χ0n) is 34.6. The Kier molecular flexibility index (Phi) is 8.76. The van der Waals surface area contributed by atoms with E-state index in [0.29, 0.717) is 0 Å². The van der Waals surface area contributed by atoms with Gasteiger partial charge in [-0.1, -0.05) is 194 Å². The van der Waals surface area contributed by atoms with Gasteiger partial charge in [-0.2, -0.15) is 0 Å². The van der Waals surface area contributed by atoms with Crippen LogP contribution in [0.1, 0.15) is 22.3 Å². The Balaban J connectivity index is 1.09. The van der Waals surface area contributed by atoms with Crippen molar-refractivity contribution in [2.75, 3.05) is 4.90 Å². The average molecular weight is 803 g/mol. The number of aromatic nitrogens is 1. The summed E-state index contributed by atoms with van der Waals surface area (Å²) in [5, 5.41) is 2.45. The smallest absolute Gasteiger partial charge is 0.0714 e. The van der Waals surface area contributed by atoms with E-state index in [1.807, 2.05) is 0 Å². The number of anilines is 3. The molecule has 1 aliphatic carbocycles. The maximum absolute atomic E-state index is 2.47. The molecule has 0 bridgehead atoms. The second kappa shape index (κ2) is 15.1. The Morgan fingerprint density at radius 2 is 0.841 bits per heavy atom. The maximum Gasteiger partial charge on any atom is 0.0714 e. The van der Waals surface area contributed by atoms with Gasteiger partial charge in [-0.05, 0) is 116 Å². The molecule has 1 heterocycles. The molecule has 0 N–H and O–H groups in total. The van der Waals surface area contributed by atoms with Crippen molar-refractivity contribution in [3.8, 4) is 39.1 Å². The predicted octanol–water partition coefficient (Wildman–Crippen LogP) is 16.0. The van der Waals surface area contributed by atoms with Gasteiger partial charge in [0.15, 0.2) is 0 Å². The average Bonchev–Trinajstić information content (AvgIpc) is 3.85. The molecule has 12 rings (SSSR count). The molecule has 0 amide bonds. The van der Waals surface area contributed by atoms with Crippen molar-refractivity contribution < 1.29 is 0 Å². The highest BCUT2D eigenvalue weighted by molar-refractivity contribution is 6.10. The van der Waals surface area contributed by atoms with Gasteiger partial charge in [0.1, 0.15) is 0 Å². The van der Waals surface area contributed by atoms with Gasteiger partial charge in [0.25, 0.3) is 0 Å². The van der Waals surface area contributed by atoms with Crippen LogP contribution in [0.25, 0.3) is 60.9 Å². The van der Waals surface area contributed by atoms with Crippen LogP contribution in [0.3, 0.4) is 0 Å². The molecule has 2 nitrogen and oxygen atoms in total. The fourth-order valence-electron chi connectivity index (χ4n) is 10.3. The van der Waals surface area contributed by atoms with Gasteiger partial charge in [0, 0.05) is 33.5 Å². The fourth-order valence-corrected chi connectivity index (χ4v) is 10.3. The molecular weight excluding hydrogens is 761 g/mol. The minimum absolute atomic E-state index is 0.573. The van der Waals surface area contributed by atoms with Crippen molar-refractivity contribution in [2.45, 2.75) is 5.41 Å². The van der Waals surface area contributed by atoms with Crippen LogP contribution in [-0.2, 0) is 5.41 Å². The summed E-state index contributed by atoms with van der Waals surface area (Å²) in [6, 6.07) is 93.4. The van der Waals surface area contributed by atoms with Crippen LogP contribution in [0.5, 0.6) is 0 Å². The first-order valence-electron chi connectivity index (χ1n) is 21.8. The van der Waals surface area contributed by atoms with Gasteiger partial charge in [-0.25, -0.2) is 0 Å². The second-order valence-corrected chi connectivity index (χ2v) is 16.5. The molecular formula is C61H42N2. The molecule has 0 saturated carbocycles. The molecule has 1 aromatic heterocycles. The quantitative estimate of drug-likeness (QED) is 0.149. The van der Waals surface area contributed by atoms with Crippen LogP contribution in [-0.4, -0.2) is 4.57 Å². The van der Waals surface area contributed by atoms with E-state index in [1.165, 1.54) is 71.9 Å². The first-order valence-corrected chi connectivity index (χ1v) is 21.8. The third kappa shape index (κ3) is 5.95. The lowest BCUT2D eigenvalue weighted by Gasteiger charge is -2.35. The van der Waals surface area contributed by atoms with E-state index in [2.05, 4.69) is 264 Å². The molecule has 11 aromatic rings. The van der Waals surface area contributed by atoms with Crippen LogP contribution in [0.15, 0.2) is 255 Å². The highest BCUT2D eigenvalue weighted by atomic mass is 15.1. The lowest BCUT2D eigenvalue weighted by atomic mass is 9.67. The molecule has 0 radical (unpaired) electrons. The summed E-state index contributed by atoms with van der Waals surface area (Å²) in [6.45, 7) is 0. The lowest BCUT2D eigenvalue weighted by Crippen LogP contribution is -2.29. The van der Waals surface area contributed by atoms with E-state index in [1.54, 1.807) is 0 Å². The first-order chi connectivity index (χ1) is 31.3. The first kappa shape index (κ1) is 36.6. The highest BCUT2D eigenvalue weighted by Crippen LogP contribution is 2.57. The normalized spacial score (nSPS) is 14.1. The van der Waals surface area contributed by atoms with Gasteiger partial charge in [0.2, 0.25) is 0 Å². The molecule has 0 aliphatic heterocycles. The molecule has 1 unspecified atom stereocenters. The number of nitrogens with zero attached hydrogens (tertiary/aromatic N) is 2. The number of rotatable bonds is 8. The van der Waals surface area contributed by atoms with Crippen molar-refractivity contribution in [3.63, 3.8) is 0 Å². The van der Waals surface area contributed by atoms with Gasteiger partial charge in [-0.15, -0.1) is 0 Å². The topological polar surface area (TPSA) is 8.17 Å². The molecule has 2 heteroatoms. The Morgan fingerprint density at radius 1 is 0.302 bits per heavy atom. The van der Waals surface area contributed by atoms with Gasteiger partial charge in [0.05, 0.1) is 16.4 Å². The van der Waals surface area contributed by atoms with Crippen molar-refractivity contribution in [1.29, 1.82) is 0 Å². The number of benzene rings is 10. The third-order valence-corrected chi connectivity index (χ3v) is 13.0. The molecule has 1 aliphatic rings. The van der Waals surface area contributed by atoms with Crippen molar-refractivity contribution in [1.82, 2.24) is 4.57 Å². The van der Waals surface area contributed by atoms with E-state index in [-0.39, 0.29) is 0 Å². The molecule has 63 heavy (non-hydrogen) atoms. The molecule has 0 saturated heterocycles. The number of para-hydroxylation sites is 2. The SMILES string of the molecule is c1ccc(-c2cccc(-n3c4ccccc4c4ccc(N(c5ccccc5)c5ccc6c(c5)C(c5ccccc5)(c5cccc(-c7ccccc7)c5)c5ccccc5-6)cc43)c2)cc1. The minimum atomic E-state index is -0.573. The van der Waals surface area contributed by atoms with Crippen LogP contribution >= 0.6 is 0 Å². The van der Waals surface area contributed by atoms with Crippen LogP contribution in [0.2, 0.25) is 0 Å². The van der Waals surface area contributed by atoms with Crippen molar-refractivity contribution in [2.24, 2.45) is 0 Å². The molecule has 0 fully saturated rings. The van der Waals surface area contributed by atoms with Crippen molar-refractivity contribution in [3.05, 3.63) is 277 Å². The summed E-state index contributed by atoms with van der Waals surface area (Å²) in [5.41, 5.74) is 18.6. The molecule has 0 spiro atoms. The lowest BCUT2D eigenvalue weighted by molar-refractivity contribution is 0.769. The Labute approximate surface area is 368 Å². The van der Waals surface area contributed by atoms with E-state index in [0.717, 1.165) is 28.3 Å². The predicted molar refractivity (Wildman–Crippen MR) is 264 cm³/mol. The van der Waals surface area contributed by atoms with Gasteiger partial charge >= 0.3 is 0 Å². The second-order valence-electron chi connectivity index (χ2n) is 16.5. The van der Waals surface area contributed by atoms with Crippen molar-refractivity contribution >= 4 is 38.9 Å². The summed E-state index contributed by atoms with van der Waals surface area (Å²) in [6.07, 6.45) is 0. The minimum Gasteiger partial charge on any atom is -0.310 e. The summed E-state index contributed by atoms with van der Waals surface area (Å²) in [4.78, 5) is 2.43. The monoisotopic (exact) mass is 802 g/mol. The molecule has 1 atom stereocenters.